The minimum Gasteiger partial charge on any atom is -0.490 e. The Morgan fingerprint density at radius 1 is 1.04 bits per heavy atom. The molecule has 1 aliphatic carbocycles. The Hall–Kier alpha value is -2.75. The number of ether oxygens (including phenoxy) is 2. The molecule has 0 spiro atoms. The number of pyridine rings is 1. The van der Waals surface area contributed by atoms with Crippen LogP contribution in [0.5, 0.6) is 17.4 Å². The summed E-state index contributed by atoms with van der Waals surface area (Å²) < 4.78 is 12.1. The highest BCUT2D eigenvalue weighted by Crippen LogP contribution is 2.31. The van der Waals surface area contributed by atoms with Crippen molar-refractivity contribution in [3.8, 4) is 17.4 Å². The summed E-state index contributed by atoms with van der Waals surface area (Å²) in [6, 6.07) is 16.2. The molecule has 4 rings (SSSR count). The van der Waals surface area contributed by atoms with Crippen molar-refractivity contribution >= 4 is 16.6 Å². The Morgan fingerprint density at radius 2 is 1.89 bits per heavy atom. The smallest absolute Gasteiger partial charge is 0.219 e. The maximum absolute atomic E-state index is 6.07. The number of nitrogens with one attached hydrogen (secondary N) is 1. The number of hydrogen-bond acceptors (Lipinski definition) is 4. The summed E-state index contributed by atoms with van der Waals surface area (Å²) >= 11 is 0. The van der Waals surface area contributed by atoms with Crippen molar-refractivity contribution in [3.05, 3.63) is 54.1 Å². The quantitative estimate of drug-likeness (QED) is 0.576. The number of fused-ring (bicyclic) bond motifs is 1. The van der Waals surface area contributed by atoms with Crippen LogP contribution in [-0.2, 0) is 0 Å². The average molecular weight is 362 g/mol. The van der Waals surface area contributed by atoms with Gasteiger partial charge in [-0.1, -0.05) is 0 Å². The number of hydrogen-bond donors (Lipinski definition) is 1. The van der Waals surface area contributed by atoms with Crippen molar-refractivity contribution in [2.75, 3.05) is 11.9 Å². The molecule has 0 saturated heterocycles. The van der Waals surface area contributed by atoms with Crippen LogP contribution in [0.1, 0.15) is 38.2 Å². The minimum absolute atomic E-state index is 0.366. The van der Waals surface area contributed by atoms with Gasteiger partial charge in [-0.2, -0.15) is 0 Å². The number of nitrogens with zero attached hydrogens (tertiary/aromatic N) is 1. The van der Waals surface area contributed by atoms with Crippen molar-refractivity contribution in [1.29, 1.82) is 0 Å². The van der Waals surface area contributed by atoms with E-state index in [-0.39, 0.29) is 0 Å². The number of aryl methyl sites for hydroxylation is 1. The van der Waals surface area contributed by atoms with E-state index < -0.39 is 0 Å². The van der Waals surface area contributed by atoms with Crippen molar-refractivity contribution in [1.82, 2.24) is 4.98 Å². The van der Waals surface area contributed by atoms with Gasteiger partial charge in [0.2, 0.25) is 5.88 Å². The molecule has 1 aromatic heterocycles. The first-order valence-corrected chi connectivity index (χ1v) is 9.81. The first-order chi connectivity index (χ1) is 13.2. The maximum Gasteiger partial charge on any atom is 0.219 e. The summed E-state index contributed by atoms with van der Waals surface area (Å²) in [5, 5.41) is 4.42. The summed E-state index contributed by atoms with van der Waals surface area (Å²) in [7, 11) is 0. The fraction of sp³-hybridized carbons (Fsp3) is 0.348. The van der Waals surface area contributed by atoms with Crippen LogP contribution < -0.4 is 14.8 Å². The van der Waals surface area contributed by atoms with Crippen LogP contribution in [-0.4, -0.2) is 17.6 Å². The molecular weight excluding hydrogens is 336 g/mol. The van der Waals surface area contributed by atoms with Gasteiger partial charge < -0.3 is 14.8 Å². The number of anilines is 1. The zero-order chi connectivity index (χ0) is 18.6. The lowest BCUT2D eigenvalue weighted by Gasteiger charge is -2.15. The molecular formula is C23H26N2O2. The van der Waals surface area contributed by atoms with Gasteiger partial charge in [-0.3, -0.25) is 0 Å². The molecule has 1 aliphatic rings. The molecule has 4 nitrogen and oxygen atoms in total. The predicted molar refractivity (Wildman–Crippen MR) is 110 cm³/mol. The Bertz CT molecular complexity index is 933. The van der Waals surface area contributed by atoms with Gasteiger partial charge in [0.15, 0.2) is 0 Å². The Balaban J connectivity index is 1.50. The lowest BCUT2D eigenvalue weighted by Crippen LogP contribution is -2.10. The van der Waals surface area contributed by atoms with E-state index in [9.17, 15) is 0 Å². The second-order valence-electron chi connectivity index (χ2n) is 7.14. The zero-order valence-electron chi connectivity index (χ0n) is 16.0. The van der Waals surface area contributed by atoms with Crippen molar-refractivity contribution < 1.29 is 9.47 Å². The molecule has 0 radical (unpaired) electrons. The number of aromatic nitrogens is 1. The minimum atomic E-state index is 0.366. The van der Waals surface area contributed by atoms with Crippen LogP contribution in [0, 0.1) is 6.92 Å². The van der Waals surface area contributed by atoms with E-state index in [1.54, 1.807) is 0 Å². The molecule has 140 valence electrons. The molecule has 27 heavy (non-hydrogen) atoms. The van der Waals surface area contributed by atoms with Gasteiger partial charge in [0.05, 0.1) is 11.6 Å². The van der Waals surface area contributed by atoms with Crippen LogP contribution in [0.4, 0.5) is 5.69 Å². The largest absolute Gasteiger partial charge is 0.490 e. The Labute approximate surface area is 160 Å². The Kier molecular flexibility index (Phi) is 5.14. The van der Waals surface area contributed by atoms with Gasteiger partial charge in [0, 0.05) is 23.7 Å². The summed E-state index contributed by atoms with van der Waals surface area (Å²) in [5.41, 5.74) is 3.08. The van der Waals surface area contributed by atoms with Gasteiger partial charge in [0.25, 0.3) is 0 Å². The lowest BCUT2D eigenvalue weighted by molar-refractivity contribution is 0.209. The summed E-state index contributed by atoms with van der Waals surface area (Å²) in [4.78, 5) is 4.64. The van der Waals surface area contributed by atoms with Gasteiger partial charge in [-0.15, -0.1) is 0 Å². The van der Waals surface area contributed by atoms with Crippen LogP contribution >= 0.6 is 0 Å². The summed E-state index contributed by atoms with van der Waals surface area (Å²) in [5.74, 6) is 2.34. The standard InChI is InChI=1S/C23H26N2O2/c1-3-24-18-9-11-21-17(15-18)8-13-23(25-21)27-22-12-10-20(14-16(22)2)26-19-6-4-5-7-19/h8-15,19,24H,3-7H2,1-2H3. The van der Waals surface area contributed by atoms with E-state index in [4.69, 9.17) is 9.47 Å². The first kappa shape index (κ1) is 17.7. The predicted octanol–water partition coefficient (Wildman–Crippen LogP) is 6.09. The van der Waals surface area contributed by atoms with E-state index in [0.717, 1.165) is 53.0 Å². The van der Waals surface area contributed by atoms with Crippen molar-refractivity contribution in [2.24, 2.45) is 0 Å². The second-order valence-corrected chi connectivity index (χ2v) is 7.14. The van der Waals surface area contributed by atoms with E-state index in [2.05, 4.69) is 29.4 Å². The van der Waals surface area contributed by atoms with E-state index in [1.807, 2.05) is 43.3 Å². The van der Waals surface area contributed by atoms with E-state index in [1.165, 1.54) is 12.8 Å². The first-order valence-electron chi connectivity index (χ1n) is 9.81. The molecule has 1 N–H and O–H groups in total. The van der Waals surface area contributed by atoms with Crippen LogP contribution in [0.15, 0.2) is 48.5 Å². The molecule has 0 aliphatic heterocycles. The monoisotopic (exact) mass is 362 g/mol. The summed E-state index contributed by atoms with van der Waals surface area (Å²) in [6.45, 7) is 5.03. The lowest BCUT2D eigenvalue weighted by atomic mass is 10.2. The SMILES string of the molecule is CCNc1ccc2nc(Oc3ccc(OC4CCCC4)cc3C)ccc2c1. The van der Waals surface area contributed by atoms with E-state index in [0.29, 0.717) is 12.0 Å². The summed E-state index contributed by atoms with van der Waals surface area (Å²) in [6.07, 6.45) is 5.23. The van der Waals surface area contributed by atoms with Crippen molar-refractivity contribution in [3.63, 3.8) is 0 Å². The molecule has 0 unspecified atom stereocenters. The van der Waals surface area contributed by atoms with E-state index >= 15 is 0 Å². The van der Waals surface area contributed by atoms with Crippen LogP contribution in [0.25, 0.3) is 10.9 Å². The molecule has 1 fully saturated rings. The third kappa shape index (κ3) is 4.16. The fourth-order valence-electron chi connectivity index (χ4n) is 3.60. The average Bonchev–Trinajstić information content (AvgIpc) is 3.17. The highest BCUT2D eigenvalue weighted by Gasteiger charge is 2.17. The van der Waals surface area contributed by atoms with Crippen molar-refractivity contribution in [2.45, 2.75) is 45.6 Å². The molecule has 2 aromatic carbocycles. The third-order valence-electron chi connectivity index (χ3n) is 5.01. The van der Waals surface area contributed by atoms with Gasteiger partial charge in [0.1, 0.15) is 11.5 Å². The van der Waals surface area contributed by atoms with Crippen LogP contribution in [0.3, 0.4) is 0 Å². The van der Waals surface area contributed by atoms with Gasteiger partial charge in [-0.05, 0) is 87.6 Å². The fourth-order valence-corrected chi connectivity index (χ4v) is 3.60. The maximum atomic E-state index is 6.07. The molecule has 4 heteroatoms. The second kappa shape index (κ2) is 7.87. The Morgan fingerprint density at radius 3 is 2.67 bits per heavy atom. The van der Waals surface area contributed by atoms with Gasteiger partial charge in [-0.25, -0.2) is 4.98 Å². The third-order valence-corrected chi connectivity index (χ3v) is 5.01. The van der Waals surface area contributed by atoms with Gasteiger partial charge >= 0.3 is 0 Å². The molecule has 0 atom stereocenters. The molecule has 3 aromatic rings. The molecule has 0 amide bonds. The molecule has 1 heterocycles. The zero-order valence-corrected chi connectivity index (χ0v) is 16.0. The highest BCUT2D eigenvalue weighted by molar-refractivity contribution is 5.82. The molecule has 1 saturated carbocycles. The van der Waals surface area contributed by atoms with Crippen LogP contribution in [0.2, 0.25) is 0 Å². The normalized spacial score (nSPS) is 14.4. The topological polar surface area (TPSA) is 43.4 Å². The highest BCUT2D eigenvalue weighted by atomic mass is 16.5. The number of benzene rings is 2. The molecule has 0 bridgehead atoms. The number of rotatable bonds is 6.